The van der Waals surface area contributed by atoms with Crippen LogP contribution in [0.1, 0.15) is 0 Å². The number of hydrogen-bond donors (Lipinski definition) is 0. The lowest BCUT2D eigenvalue weighted by Gasteiger charge is -1.93. The molecule has 10 heavy (non-hydrogen) atoms. The lowest BCUT2D eigenvalue weighted by molar-refractivity contribution is -0.115. The molecule has 1 amide bonds. The summed E-state index contributed by atoms with van der Waals surface area (Å²) in [7, 11) is 4.68. The van der Waals surface area contributed by atoms with Crippen LogP contribution in [0.15, 0.2) is 0 Å². The van der Waals surface area contributed by atoms with Crippen molar-refractivity contribution >= 4 is 26.1 Å². The topological polar surface area (TPSA) is 54.5 Å². The highest BCUT2D eigenvalue weighted by Gasteiger charge is 1.83. The molecule has 0 bridgehead atoms. The summed E-state index contributed by atoms with van der Waals surface area (Å²) in [5, 5.41) is 0. The maximum Gasteiger partial charge on any atom is 0.229 e. The van der Waals surface area contributed by atoms with Gasteiger partial charge in [-0.25, -0.2) is 8.42 Å². The van der Waals surface area contributed by atoms with Crippen LogP contribution in [-0.2, 0) is 13.8 Å². The predicted octanol–water partition coefficient (Wildman–Crippen LogP) is -0.111. The highest BCUT2D eigenvalue weighted by Crippen LogP contribution is 1.83. The van der Waals surface area contributed by atoms with Gasteiger partial charge in [0.25, 0.3) is 0 Å². The maximum atomic E-state index is 9.43. The first kappa shape index (κ1) is 12.4. The number of rotatable bonds is 1. The Balaban J connectivity index is 0. The third kappa shape index (κ3) is 119. The molecule has 0 aliphatic carbocycles. The number of halogens is 1. The van der Waals surface area contributed by atoms with Gasteiger partial charge in [-0.3, -0.25) is 4.79 Å². The first-order chi connectivity index (χ1) is 4.27. The van der Waals surface area contributed by atoms with Gasteiger partial charge in [0.2, 0.25) is 15.5 Å². The fourth-order valence-electron chi connectivity index (χ4n) is 0. The summed E-state index contributed by atoms with van der Waals surface area (Å²) < 4.78 is 18.8. The molecule has 6 heteroatoms. The first-order valence-electron chi connectivity index (χ1n) is 2.28. The minimum atomic E-state index is -3.19. The van der Waals surface area contributed by atoms with Crippen molar-refractivity contribution in [1.82, 2.24) is 4.90 Å². The third-order valence-electron chi connectivity index (χ3n) is 0.211. The molecule has 0 spiro atoms. The smallest absolute Gasteiger partial charge is 0.229 e. The van der Waals surface area contributed by atoms with Crippen LogP contribution in [0.4, 0.5) is 0 Å². The van der Waals surface area contributed by atoms with Crippen molar-refractivity contribution in [3.05, 3.63) is 0 Å². The van der Waals surface area contributed by atoms with E-state index >= 15 is 0 Å². The van der Waals surface area contributed by atoms with Crippen LogP contribution in [0.3, 0.4) is 0 Å². The molecule has 0 aromatic rings. The molecule has 62 valence electrons. The summed E-state index contributed by atoms with van der Waals surface area (Å²) in [6.45, 7) is 0. The normalized spacial score (nSPS) is 9.20. The zero-order valence-corrected chi connectivity index (χ0v) is 7.61. The molecule has 0 N–H and O–H groups in total. The average molecular weight is 188 g/mol. The van der Waals surface area contributed by atoms with E-state index in [9.17, 15) is 13.2 Å². The van der Waals surface area contributed by atoms with Gasteiger partial charge in [-0.05, 0) is 0 Å². The van der Waals surface area contributed by atoms with E-state index in [0.29, 0.717) is 0 Å². The molecule has 4 nitrogen and oxygen atoms in total. The SMILES string of the molecule is CN(C)C=O.CS(=O)(=O)Cl. The molecule has 0 aromatic carbocycles. The Labute approximate surface area is 65.2 Å². The fraction of sp³-hybridized carbons (Fsp3) is 0.750. The number of amides is 1. The standard InChI is InChI=1S/C3H7NO.CH3ClO2S/c1-4(2)3-5;1-5(2,3)4/h3H,1-2H3;1H3. The zero-order valence-electron chi connectivity index (χ0n) is 6.04. The van der Waals surface area contributed by atoms with Gasteiger partial charge in [-0.1, -0.05) is 0 Å². The number of hydrogen-bond acceptors (Lipinski definition) is 3. The second kappa shape index (κ2) is 5.49. The van der Waals surface area contributed by atoms with E-state index in [1.54, 1.807) is 14.1 Å². The summed E-state index contributed by atoms with van der Waals surface area (Å²) in [6, 6.07) is 0. The van der Waals surface area contributed by atoms with Crippen molar-refractivity contribution in [2.45, 2.75) is 0 Å². The second-order valence-corrected chi connectivity index (χ2v) is 4.80. The van der Waals surface area contributed by atoms with E-state index in [4.69, 9.17) is 0 Å². The Kier molecular flexibility index (Phi) is 6.81. The maximum absolute atomic E-state index is 9.43. The molecule has 0 aliphatic rings. The van der Waals surface area contributed by atoms with Crippen molar-refractivity contribution in [2.24, 2.45) is 0 Å². The molecule has 0 unspecified atom stereocenters. The van der Waals surface area contributed by atoms with Crippen LogP contribution < -0.4 is 0 Å². The van der Waals surface area contributed by atoms with E-state index in [1.807, 2.05) is 0 Å². The Morgan fingerprint density at radius 2 is 1.50 bits per heavy atom. The third-order valence-corrected chi connectivity index (χ3v) is 0.211. The van der Waals surface area contributed by atoms with Gasteiger partial charge in [0.15, 0.2) is 0 Å². The van der Waals surface area contributed by atoms with Gasteiger partial charge in [0, 0.05) is 24.8 Å². The van der Waals surface area contributed by atoms with Crippen molar-refractivity contribution in [3.8, 4) is 0 Å². The van der Waals surface area contributed by atoms with Crippen LogP contribution in [0.25, 0.3) is 0 Å². The molecule has 0 aliphatic heterocycles. The minimum absolute atomic E-state index is 0.750. The number of carbonyl (C=O) groups excluding carboxylic acids is 1. The molecule has 0 saturated heterocycles. The van der Waals surface area contributed by atoms with Crippen LogP contribution in [0.5, 0.6) is 0 Å². The Hall–Kier alpha value is -0.290. The van der Waals surface area contributed by atoms with Gasteiger partial charge in [-0.2, -0.15) is 0 Å². The van der Waals surface area contributed by atoms with E-state index in [2.05, 4.69) is 10.7 Å². The Bertz CT molecular complexity index is 167. The van der Waals surface area contributed by atoms with E-state index < -0.39 is 9.05 Å². The van der Waals surface area contributed by atoms with E-state index in [-0.39, 0.29) is 0 Å². The first-order valence-corrected chi connectivity index (χ1v) is 5.00. The number of carbonyl (C=O) groups is 1. The van der Waals surface area contributed by atoms with Crippen LogP contribution in [0.2, 0.25) is 0 Å². The van der Waals surface area contributed by atoms with Gasteiger partial charge in [0.1, 0.15) is 0 Å². The van der Waals surface area contributed by atoms with Crippen LogP contribution >= 0.6 is 10.7 Å². The lowest BCUT2D eigenvalue weighted by atomic mass is 11.0. The molecule has 0 rings (SSSR count). The molecule has 0 fully saturated rings. The van der Waals surface area contributed by atoms with Crippen LogP contribution in [0, 0.1) is 0 Å². The van der Waals surface area contributed by atoms with Crippen molar-refractivity contribution in [2.75, 3.05) is 20.4 Å². The largest absolute Gasteiger partial charge is 0.351 e. The highest BCUT2D eigenvalue weighted by atomic mass is 35.7. The average Bonchev–Trinajstić information content (AvgIpc) is 1.61. The molecular weight excluding hydrogens is 178 g/mol. The zero-order chi connectivity index (χ0) is 8.78. The summed E-state index contributed by atoms with van der Waals surface area (Å²) in [6.07, 6.45) is 1.68. The number of nitrogens with zero attached hydrogens (tertiary/aromatic N) is 1. The van der Waals surface area contributed by atoms with Gasteiger partial charge < -0.3 is 4.90 Å². The summed E-state index contributed by atoms with van der Waals surface area (Å²) in [5.41, 5.74) is 0. The molecule has 0 radical (unpaired) electrons. The van der Waals surface area contributed by atoms with Crippen molar-refractivity contribution in [3.63, 3.8) is 0 Å². The van der Waals surface area contributed by atoms with E-state index in [1.165, 1.54) is 4.90 Å². The summed E-state index contributed by atoms with van der Waals surface area (Å²) in [5.74, 6) is 0. The molecule has 0 atom stereocenters. The Morgan fingerprint density at radius 1 is 1.40 bits per heavy atom. The van der Waals surface area contributed by atoms with Crippen molar-refractivity contribution in [1.29, 1.82) is 0 Å². The minimum Gasteiger partial charge on any atom is -0.351 e. The van der Waals surface area contributed by atoms with Crippen LogP contribution in [-0.4, -0.2) is 40.1 Å². The monoisotopic (exact) mass is 187 g/mol. The van der Waals surface area contributed by atoms with E-state index in [0.717, 1.165) is 12.7 Å². The fourth-order valence-corrected chi connectivity index (χ4v) is 0. The van der Waals surface area contributed by atoms with Gasteiger partial charge in [0.05, 0.1) is 6.26 Å². The summed E-state index contributed by atoms with van der Waals surface area (Å²) in [4.78, 5) is 10.9. The lowest BCUT2D eigenvalue weighted by Crippen LogP contribution is -2.06. The van der Waals surface area contributed by atoms with Gasteiger partial charge >= 0.3 is 0 Å². The Morgan fingerprint density at radius 3 is 1.50 bits per heavy atom. The van der Waals surface area contributed by atoms with Gasteiger partial charge in [-0.15, -0.1) is 0 Å². The van der Waals surface area contributed by atoms with Crippen molar-refractivity contribution < 1.29 is 13.2 Å². The predicted molar refractivity (Wildman–Crippen MR) is 40.4 cm³/mol. The molecule has 0 heterocycles. The second-order valence-electron chi connectivity index (χ2n) is 1.75. The molecule has 0 saturated carbocycles. The molecular formula is C4H10ClNO3S. The molecule has 0 aromatic heterocycles. The summed E-state index contributed by atoms with van der Waals surface area (Å²) >= 11 is 0. The highest BCUT2D eigenvalue weighted by molar-refractivity contribution is 8.13. The quantitative estimate of drug-likeness (QED) is 0.425.